The average molecular weight is 631 g/mol. The molecule has 43 heavy (non-hydrogen) atoms. The maximum Gasteiger partial charge on any atom is 0.273 e. The normalized spacial score (nSPS) is 12.3. The summed E-state index contributed by atoms with van der Waals surface area (Å²) in [5.74, 6) is -0.665. The third-order valence-corrected chi connectivity index (χ3v) is 8.52. The predicted octanol–water partition coefficient (Wildman–Crippen LogP) is 5.09. The van der Waals surface area contributed by atoms with Gasteiger partial charge in [-0.3, -0.25) is 24.0 Å². The number of nitrogens with zero attached hydrogens (tertiary/aromatic N) is 3. The summed E-state index contributed by atoms with van der Waals surface area (Å²) < 4.78 is 34.1. The fourth-order valence-electron chi connectivity index (χ4n) is 4.24. The molecule has 0 aliphatic carbocycles. The fourth-order valence-corrected chi connectivity index (χ4v) is 5.89. The van der Waals surface area contributed by atoms with Crippen molar-refractivity contribution in [2.75, 3.05) is 18.0 Å². The molecule has 230 valence electrons. The van der Waals surface area contributed by atoms with E-state index in [4.69, 9.17) is 16.3 Å². The summed E-state index contributed by atoms with van der Waals surface area (Å²) >= 11 is 6.17. The van der Waals surface area contributed by atoms with Gasteiger partial charge in [0.05, 0.1) is 22.6 Å². The largest absolute Gasteiger partial charge is 0.497 e. The number of nitro benzene ring substituents is 1. The molecule has 0 heterocycles. The Balaban J connectivity index is 2.10. The van der Waals surface area contributed by atoms with Crippen LogP contribution in [0.15, 0.2) is 71.6 Å². The van der Waals surface area contributed by atoms with Gasteiger partial charge in [0.2, 0.25) is 11.8 Å². The first-order valence-electron chi connectivity index (χ1n) is 13.3. The minimum absolute atomic E-state index is 0.0371. The van der Waals surface area contributed by atoms with E-state index >= 15 is 0 Å². The first-order chi connectivity index (χ1) is 20.0. The van der Waals surface area contributed by atoms with Gasteiger partial charge < -0.3 is 15.0 Å². The van der Waals surface area contributed by atoms with Gasteiger partial charge in [-0.05, 0) is 82.6 Å². The van der Waals surface area contributed by atoms with Crippen molar-refractivity contribution in [1.82, 2.24) is 10.2 Å². The molecule has 3 rings (SSSR count). The highest BCUT2D eigenvalue weighted by atomic mass is 35.5. The first-order valence-corrected chi connectivity index (χ1v) is 15.1. The van der Waals surface area contributed by atoms with Crippen molar-refractivity contribution >= 4 is 44.8 Å². The Labute approximate surface area is 256 Å². The zero-order chi connectivity index (χ0) is 32.1. The number of amides is 2. The first kappa shape index (κ1) is 33.3. The molecule has 0 aliphatic rings. The van der Waals surface area contributed by atoms with E-state index in [1.807, 2.05) is 0 Å². The minimum Gasteiger partial charge on any atom is -0.497 e. The lowest BCUT2D eigenvalue weighted by Gasteiger charge is -2.33. The number of halogens is 1. The number of carbonyl (C=O) groups is 2. The van der Waals surface area contributed by atoms with Crippen LogP contribution in [0.25, 0.3) is 0 Å². The third-order valence-electron chi connectivity index (χ3n) is 6.51. The third kappa shape index (κ3) is 8.45. The van der Waals surface area contributed by atoms with Crippen LogP contribution in [0.5, 0.6) is 5.75 Å². The number of carbonyl (C=O) groups excluding carboxylic acids is 2. The number of nitro groups is 1. The topological polar surface area (TPSA) is 139 Å². The maximum atomic E-state index is 14.0. The smallest absolute Gasteiger partial charge is 0.273 e. The molecule has 0 radical (unpaired) electrons. The molecule has 0 saturated carbocycles. The van der Waals surface area contributed by atoms with Gasteiger partial charge in [0.15, 0.2) is 0 Å². The predicted molar refractivity (Wildman–Crippen MR) is 165 cm³/mol. The molecule has 0 aromatic heterocycles. The lowest BCUT2D eigenvalue weighted by atomic mass is 10.1. The van der Waals surface area contributed by atoms with Crippen molar-refractivity contribution in [3.8, 4) is 5.75 Å². The number of methoxy groups -OCH3 is 1. The highest BCUT2D eigenvalue weighted by Crippen LogP contribution is 2.29. The standard InChI is InChI=1S/C30H35ClN4O7S/c1-20-10-15-26(17-27(20)35(38)39)43(40,41)34(24-11-13-25(42-6)14-12-24)19-28(36)33(18-22-8-7-9-23(31)16-22)21(2)29(37)32-30(3,4)5/h7-17,21H,18-19H2,1-6H3,(H,32,37)/t21-/m1/s1. The SMILES string of the molecule is COc1ccc(N(CC(=O)N(Cc2cccc(Cl)c2)[C@H](C)C(=O)NC(C)(C)C)S(=O)(=O)c2ccc(C)c([N+](=O)[O-])c2)cc1. The van der Waals surface area contributed by atoms with Gasteiger partial charge >= 0.3 is 0 Å². The van der Waals surface area contributed by atoms with Crippen LogP contribution in [0.1, 0.15) is 38.8 Å². The number of sulfonamides is 1. The summed E-state index contributed by atoms with van der Waals surface area (Å²) in [6.45, 7) is 7.73. The van der Waals surface area contributed by atoms with Gasteiger partial charge in [0.25, 0.3) is 15.7 Å². The summed E-state index contributed by atoms with van der Waals surface area (Å²) in [5, 5.41) is 14.9. The second kappa shape index (κ2) is 13.4. The Bertz CT molecular complexity index is 1610. The number of rotatable bonds is 11. The number of nitrogens with one attached hydrogen (secondary N) is 1. The van der Waals surface area contributed by atoms with E-state index in [-0.39, 0.29) is 28.4 Å². The molecule has 13 heteroatoms. The highest BCUT2D eigenvalue weighted by molar-refractivity contribution is 7.92. The molecule has 0 aliphatic heterocycles. The zero-order valence-corrected chi connectivity index (χ0v) is 26.4. The van der Waals surface area contributed by atoms with Gasteiger partial charge in [0, 0.05) is 28.7 Å². The van der Waals surface area contributed by atoms with Crippen LogP contribution < -0.4 is 14.4 Å². The molecule has 11 nitrogen and oxygen atoms in total. The summed E-state index contributed by atoms with van der Waals surface area (Å²) in [6, 6.07) is 15.3. The van der Waals surface area contributed by atoms with Crippen LogP contribution >= 0.6 is 11.6 Å². The van der Waals surface area contributed by atoms with E-state index < -0.39 is 44.9 Å². The number of anilines is 1. The number of benzene rings is 3. The van der Waals surface area contributed by atoms with Crippen LogP contribution in [-0.2, 0) is 26.2 Å². The van der Waals surface area contributed by atoms with Gasteiger partial charge in [0.1, 0.15) is 18.3 Å². The summed E-state index contributed by atoms with van der Waals surface area (Å²) in [5.41, 5.74) is 0.0602. The van der Waals surface area contributed by atoms with Crippen LogP contribution in [0.3, 0.4) is 0 Å². The van der Waals surface area contributed by atoms with Gasteiger partial charge in [-0.25, -0.2) is 8.42 Å². The Hall–Kier alpha value is -4.16. The average Bonchev–Trinajstić information content (AvgIpc) is 2.93. The van der Waals surface area contributed by atoms with Gasteiger partial charge in [-0.1, -0.05) is 29.8 Å². The second-order valence-electron chi connectivity index (χ2n) is 11.0. The fraction of sp³-hybridized carbons (Fsp3) is 0.333. The molecule has 0 saturated heterocycles. The summed E-state index contributed by atoms with van der Waals surface area (Å²) in [6.07, 6.45) is 0. The van der Waals surface area contributed by atoms with Crippen LogP contribution in [0.4, 0.5) is 11.4 Å². The van der Waals surface area contributed by atoms with Gasteiger partial charge in [-0.15, -0.1) is 0 Å². The van der Waals surface area contributed by atoms with Crippen LogP contribution in [0.2, 0.25) is 5.02 Å². The van der Waals surface area contributed by atoms with Crippen LogP contribution in [-0.4, -0.2) is 55.3 Å². The molecule has 1 atom stereocenters. The Kier molecular flexibility index (Phi) is 10.4. The van der Waals surface area contributed by atoms with Crippen molar-refractivity contribution in [2.45, 2.75) is 57.6 Å². The minimum atomic E-state index is -4.51. The quantitative estimate of drug-likeness (QED) is 0.230. The lowest BCUT2D eigenvalue weighted by Crippen LogP contribution is -2.54. The molecule has 3 aromatic carbocycles. The van der Waals surface area contributed by atoms with E-state index in [9.17, 15) is 28.1 Å². The molecule has 2 amide bonds. The van der Waals surface area contributed by atoms with E-state index in [1.165, 1.54) is 55.3 Å². The van der Waals surface area contributed by atoms with Crippen LogP contribution in [0, 0.1) is 17.0 Å². The number of ether oxygens (including phenoxy) is 1. The monoisotopic (exact) mass is 630 g/mol. The van der Waals surface area contributed by atoms with Crippen molar-refractivity contribution < 1.29 is 27.7 Å². The molecule has 0 fully saturated rings. The van der Waals surface area contributed by atoms with E-state index in [1.54, 1.807) is 52.0 Å². The molecule has 0 spiro atoms. The summed E-state index contributed by atoms with van der Waals surface area (Å²) in [4.78, 5) is 39.1. The molecule has 0 bridgehead atoms. The lowest BCUT2D eigenvalue weighted by molar-refractivity contribution is -0.385. The highest BCUT2D eigenvalue weighted by Gasteiger charge is 2.34. The van der Waals surface area contributed by atoms with E-state index in [2.05, 4.69) is 5.32 Å². The molecule has 1 N–H and O–H groups in total. The number of aryl methyl sites for hydroxylation is 1. The van der Waals surface area contributed by atoms with Crippen molar-refractivity contribution in [1.29, 1.82) is 0 Å². The molecule has 3 aromatic rings. The van der Waals surface area contributed by atoms with E-state index in [0.717, 1.165) is 10.4 Å². The number of hydrogen-bond donors (Lipinski definition) is 1. The maximum absolute atomic E-state index is 14.0. The van der Waals surface area contributed by atoms with Crippen molar-refractivity contribution in [2.24, 2.45) is 0 Å². The number of hydrogen-bond acceptors (Lipinski definition) is 7. The Morgan fingerprint density at radius 1 is 1.07 bits per heavy atom. The molecule has 0 unspecified atom stereocenters. The Morgan fingerprint density at radius 3 is 2.28 bits per heavy atom. The molecular weight excluding hydrogens is 596 g/mol. The van der Waals surface area contributed by atoms with Crippen molar-refractivity contribution in [3.63, 3.8) is 0 Å². The van der Waals surface area contributed by atoms with E-state index in [0.29, 0.717) is 16.3 Å². The summed E-state index contributed by atoms with van der Waals surface area (Å²) in [7, 11) is -3.06. The zero-order valence-electron chi connectivity index (χ0n) is 24.8. The van der Waals surface area contributed by atoms with Gasteiger partial charge in [-0.2, -0.15) is 0 Å². The molecular formula is C30H35ClN4O7S. The second-order valence-corrected chi connectivity index (χ2v) is 13.3. The Morgan fingerprint density at radius 2 is 1.72 bits per heavy atom. The van der Waals surface area contributed by atoms with Crippen molar-refractivity contribution in [3.05, 3.63) is 93.0 Å².